The van der Waals surface area contributed by atoms with Crippen molar-refractivity contribution in [2.75, 3.05) is 0 Å². The van der Waals surface area contributed by atoms with E-state index in [1.165, 1.54) is 0 Å². The van der Waals surface area contributed by atoms with Crippen molar-refractivity contribution in [2.45, 2.75) is 0 Å². The maximum Gasteiger partial charge on any atom is 2.00 e. The standard InChI is InChI=1S/4C18H15OP.ClHO4.Zn/c4*19-20(16-10-4-1-5-11-16,17-12-6-2-7-13-17)18-14-8-3-9-15-18;2-1(3,4)5;/h4*1-15H;(H,2,3,4,5);/q;;;;;+2. The molecule has 12 aromatic carbocycles. The number of hydrogen-bond donors (Lipinski definition) is 1. The number of benzene rings is 12. The molecule has 0 aliphatic heterocycles. The van der Waals surface area contributed by atoms with Crippen molar-refractivity contribution < 1.29 is 66.6 Å². The fraction of sp³-hybridized carbons (Fsp3) is 0. The summed E-state index contributed by atoms with van der Waals surface area (Å²) in [7, 11) is -15.8. The molecule has 0 aromatic heterocycles. The number of hydrogen-bond acceptors (Lipinski definition) is 8. The molecule has 1 N–H and O–H groups in total. The Hall–Kier alpha value is -7.69. The third-order valence-corrected chi connectivity index (χ3v) is 25.7. The molecule has 0 amide bonds. The van der Waals surface area contributed by atoms with Gasteiger partial charge in [-0.2, -0.15) is 14.0 Å². The first-order chi connectivity index (χ1) is 41.3. The summed E-state index contributed by atoms with van der Waals surface area (Å²) >= 11 is 0. The SMILES string of the molecule is O=P(c1ccccc1)(c1ccccc1)c1ccccc1.O=P(c1ccccc1)(c1ccccc1)c1ccccc1.O=P(c1ccccc1)(c1ccccc1)c1ccccc1.O=P(c1ccccc1)(c1ccccc1)c1ccccc1.[O-][Cl+3]([O-])([O-])O.[Zn+2]. The van der Waals surface area contributed by atoms with Crippen molar-refractivity contribution in [2.24, 2.45) is 0 Å². The van der Waals surface area contributed by atoms with Gasteiger partial charge in [0.2, 0.25) is 0 Å². The minimum absolute atomic E-state index is 0. The monoisotopic (exact) mass is 1280 g/mol. The smallest absolute Gasteiger partial charge is 0.309 e. The second kappa shape index (κ2) is 32.2. The molecular formula is C72H61ClO8P4Zn+2. The molecular weight excluding hydrogens is 1220 g/mol. The van der Waals surface area contributed by atoms with Gasteiger partial charge in [-0.15, -0.1) is 0 Å². The molecule has 424 valence electrons. The van der Waals surface area contributed by atoms with Crippen LogP contribution in [0.25, 0.3) is 0 Å². The van der Waals surface area contributed by atoms with Crippen LogP contribution >= 0.6 is 28.6 Å². The van der Waals surface area contributed by atoms with Crippen LogP contribution in [0.1, 0.15) is 0 Å². The van der Waals surface area contributed by atoms with Gasteiger partial charge in [0.05, 0.1) is 14.9 Å². The summed E-state index contributed by atoms with van der Waals surface area (Å²) in [5.41, 5.74) is 0. The first-order valence-electron chi connectivity index (χ1n) is 27.0. The van der Waals surface area contributed by atoms with Crippen LogP contribution in [0.3, 0.4) is 0 Å². The summed E-state index contributed by atoms with van der Waals surface area (Å²) in [6, 6.07) is 117. The van der Waals surface area contributed by atoms with Gasteiger partial charge < -0.3 is 18.3 Å². The second-order valence-corrected chi connectivity index (χ2v) is 30.7. The van der Waals surface area contributed by atoms with Crippen LogP contribution in [0.5, 0.6) is 0 Å². The third-order valence-electron chi connectivity index (χ3n) is 13.4. The average molecular weight is 1280 g/mol. The van der Waals surface area contributed by atoms with Gasteiger partial charge >= 0.3 is 19.5 Å². The van der Waals surface area contributed by atoms with E-state index in [0.29, 0.717) is 0 Å². The van der Waals surface area contributed by atoms with Gasteiger partial charge in [-0.05, 0) is 0 Å². The zero-order chi connectivity index (χ0) is 59.9. The maximum absolute atomic E-state index is 13.8. The van der Waals surface area contributed by atoms with E-state index in [4.69, 9.17) is 18.6 Å². The molecule has 86 heavy (non-hydrogen) atoms. The fourth-order valence-corrected chi connectivity index (χ4v) is 20.1. The summed E-state index contributed by atoms with van der Waals surface area (Å²) in [5.74, 6) is 0. The Bertz CT molecular complexity index is 3130. The molecule has 0 saturated heterocycles. The van der Waals surface area contributed by atoms with E-state index in [9.17, 15) is 18.3 Å². The van der Waals surface area contributed by atoms with Crippen LogP contribution in [-0.2, 0) is 37.7 Å². The van der Waals surface area contributed by atoms with Crippen LogP contribution in [0, 0.1) is 10.2 Å². The van der Waals surface area contributed by atoms with Gasteiger partial charge in [0.1, 0.15) is 0 Å². The van der Waals surface area contributed by atoms with E-state index < -0.39 is 38.8 Å². The summed E-state index contributed by atoms with van der Waals surface area (Å²) in [6.07, 6.45) is 0. The van der Waals surface area contributed by atoms with Crippen molar-refractivity contribution in [3.8, 4) is 0 Å². The van der Waals surface area contributed by atoms with Gasteiger partial charge in [0.25, 0.3) is 0 Å². The minimum Gasteiger partial charge on any atom is -0.309 e. The third kappa shape index (κ3) is 16.8. The predicted molar refractivity (Wildman–Crippen MR) is 346 cm³/mol. The molecule has 0 atom stereocenters. The molecule has 0 spiro atoms. The molecule has 0 aliphatic rings. The van der Waals surface area contributed by atoms with Crippen LogP contribution < -0.4 is 77.6 Å². The van der Waals surface area contributed by atoms with Crippen molar-refractivity contribution in [3.63, 3.8) is 0 Å². The first-order valence-corrected chi connectivity index (χ1v) is 35.1. The Kier molecular flexibility index (Phi) is 24.6. The van der Waals surface area contributed by atoms with Gasteiger partial charge in [0, 0.05) is 63.7 Å². The van der Waals surface area contributed by atoms with E-state index in [1.807, 2.05) is 364 Å². The normalized spacial score (nSPS) is 11.1. The molecule has 0 saturated carbocycles. The predicted octanol–water partition coefficient (Wildman–Crippen LogP) is 9.18. The van der Waals surface area contributed by atoms with E-state index in [1.54, 1.807) is 0 Å². The fourth-order valence-electron chi connectivity index (χ4n) is 9.44. The molecule has 0 bridgehead atoms. The second-order valence-electron chi connectivity index (χ2n) is 18.9. The Morgan fingerprint density at radius 3 is 0.302 bits per heavy atom. The van der Waals surface area contributed by atoms with Gasteiger partial charge in [0.15, 0.2) is 28.6 Å². The quantitative estimate of drug-likeness (QED) is 0.0938. The van der Waals surface area contributed by atoms with Gasteiger partial charge in [-0.25, -0.2) is 0 Å². The molecule has 12 rings (SSSR count). The molecule has 8 nitrogen and oxygen atoms in total. The number of rotatable bonds is 12. The molecule has 0 radical (unpaired) electrons. The van der Waals surface area contributed by atoms with Crippen LogP contribution in [-0.4, -0.2) is 4.66 Å². The largest absolute Gasteiger partial charge is 2.00 e. The molecule has 0 heterocycles. The summed E-state index contributed by atoms with van der Waals surface area (Å²) in [5, 5.41) is 10.5. The molecule has 0 aliphatic carbocycles. The van der Waals surface area contributed by atoms with E-state index in [-0.39, 0.29) is 19.5 Å². The van der Waals surface area contributed by atoms with Crippen LogP contribution in [0.15, 0.2) is 364 Å². The van der Waals surface area contributed by atoms with Crippen molar-refractivity contribution >= 4 is 92.2 Å². The zero-order valence-electron chi connectivity index (χ0n) is 46.8. The van der Waals surface area contributed by atoms with Crippen molar-refractivity contribution in [1.82, 2.24) is 0 Å². The Labute approximate surface area is 519 Å². The summed E-state index contributed by atoms with van der Waals surface area (Å²) in [6.45, 7) is 0. The number of halogens is 1. The topological polar surface area (TPSA) is 158 Å². The minimum atomic E-state index is -4.69. The summed E-state index contributed by atoms with van der Waals surface area (Å²) < 4.78 is 88.0. The van der Waals surface area contributed by atoms with Gasteiger partial charge in [-0.3, -0.25) is 0 Å². The van der Waals surface area contributed by atoms with Crippen molar-refractivity contribution in [3.05, 3.63) is 364 Å². The Balaban J connectivity index is 0.000000159. The molecule has 12 aromatic rings. The summed E-state index contributed by atoms with van der Waals surface area (Å²) in [4.78, 5) is 0. The molecule has 14 heteroatoms. The van der Waals surface area contributed by atoms with Crippen LogP contribution in [0.4, 0.5) is 0 Å². The first kappa shape index (κ1) is 65.8. The van der Waals surface area contributed by atoms with Gasteiger partial charge in [-0.1, -0.05) is 364 Å². The van der Waals surface area contributed by atoms with Crippen LogP contribution in [0.2, 0.25) is 0 Å². The average Bonchev–Trinajstić information content (AvgIpc) is 2.53. The molecule has 0 unspecified atom stereocenters. The Morgan fingerprint density at radius 1 is 0.186 bits per heavy atom. The van der Waals surface area contributed by atoms with E-state index >= 15 is 0 Å². The Morgan fingerprint density at radius 2 is 0.244 bits per heavy atom. The maximum atomic E-state index is 13.8. The van der Waals surface area contributed by atoms with E-state index in [0.717, 1.165) is 63.7 Å². The van der Waals surface area contributed by atoms with Crippen molar-refractivity contribution in [1.29, 1.82) is 0 Å². The van der Waals surface area contributed by atoms with E-state index in [2.05, 4.69) is 0 Å². The molecule has 0 fully saturated rings. The zero-order valence-corrected chi connectivity index (χ0v) is 54.1.